The Morgan fingerprint density at radius 3 is 2.53 bits per heavy atom. The molecule has 0 heterocycles. The molecule has 1 aromatic carbocycles. The van der Waals surface area contributed by atoms with Gasteiger partial charge in [0.15, 0.2) is 11.9 Å². The molecule has 0 saturated carbocycles. The van der Waals surface area contributed by atoms with Gasteiger partial charge in [-0.3, -0.25) is 4.79 Å². The summed E-state index contributed by atoms with van der Waals surface area (Å²) in [7, 11) is 0. The number of rotatable bonds is 5. The summed E-state index contributed by atoms with van der Waals surface area (Å²) in [5.74, 6) is -2.19. The Morgan fingerprint density at radius 1 is 1.37 bits per heavy atom. The molecule has 0 radical (unpaired) electrons. The highest BCUT2D eigenvalue weighted by molar-refractivity contribution is 5.94. The number of hydrogen-bond donors (Lipinski definition) is 2. The predicted molar refractivity (Wildman–Crippen MR) is 64.0 cm³/mol. The van der Waals surface area contributed by atoms with Gasteiger partial charge in [0.25, 0.3) is 0 Å². The summed E-state index contributed by atoms with van der Waals surface area (Å²) < 4.78 is 18.1. The molecule has 0 spiro atoms. The maximum atomic E-state index is 13.6. The molecule has 0 amide bonds. The van der Waals surface area contributed by atoms with Crippen LogP contribution in [0.25, 0.3) is 0 Å². The van der Waals surface area contributed by atoms with Crippen molar-refractivity contribution in [2.45, 2.75) is 26.1 Å². The molecule has 5 nitrogen and oxygen atoms in total. The van der Waals surface area contributed by atoms with Crippen molar-refractivity contribution in [2.75, 3.05) is 6.61 Å². The van der Waals surface area contributed by atoms with E-state index < -0.39 is 24.0 Å². The SMILES string of the molecule is CCOC(=O)C(O)C(O)c1cc(C(C)=O)ccc1F. The molecule has 0 aliphatic carbocycles. The van der Waals surface area contributed by atoms with Crippen LogP contribution in [0.2, 0.25) is 0 Å². The maximum absolute atomic E-state index is 13.6. The van der Waals surface area contributed by atoms with Gasteiger partial charge < -0.3 is 14.9 Å². The second kappa shape index (κ2) is 6.40. The third-order valence-corrected chi connectivity index (χ3v) is 2.55. The number of aliphatic hydroxyl groups excluding tert-OH is 2. The van der Waals surface area contributed by atoms with Crippen LogP contribution in [0.5, 0.6) is 0 Å². The molecule has 0 aromatic heterocycles. The van der Waals surface area contributed by atoms with E-state index in [9.17, 15) is 24.2 Å². The fraction of sp³-hybridized carbons (Fsp3) is 0.385. The Hall–Kier alpha value is -1.79. The lowest BCUT2D eigenvalue weighted by atomic mass is 10.00. The minimum atomic E-state index is -1.91. The van der Waals surface area contributed by atoms with Gasteiger partial charge in [-0.15, -0.1) is 0 Å². The van der Waals surface area contributed by atoms with Crippen molar-refractivity contribution in [2.24, 2.45) is 0 Å². The number of ether oxygens (including phenoxy) is 1. The van der Waals surface area contributed by atoms with Crippen molar-refractivity contribution < 1.29 is 28.9 Å². The zero-order valence-corrected chi connectivity index (χ0v) is 10.6. The van der Waals surface area contributed by atoms with Crippen molar-refractivity contribution in [3.05, 3.63) is 35.1 Å². The number of benzene rings is 1. The van der Waals surface area contributed by atoms with Gasteiger partial charge in [0, 0.05) is 11.1 Å². The van der Waals surface area contributed by atoms with Gasteiger partial charge in [0.2, 0.25) is 0 Å². The summed E-state index contributed by atoms with van der Waals surface area (Å²) >= 11 is 0. The minimum absolute atomic E-state index is 0.0264. The average Bonchev–Trinajstić information content (AvgIpc) is 2.37. The molecule has 2 unspecified atom stereocenters. The van der Waals surface area contributed by atoms with Crippen LogP contribution in [0.15, 0.2) is 18.2 Å². The van der Waals surface area contributed by atoms with Crippen LogP contribution in [0.4, 0.5) is 4.39 Å². The fourth-order valence-corrected chi connectivity index (χ4v) is 1.52. The highest BCUT2D eigenvalue weighted by atomic mass is 19.1. The van der Waals surface area contributed by atoms with Gasteiger partial charge in [-0.05, 0) is 32.0 Å². The highest BCUT2D eigenvalue weighted by Gasteiger charge is 2.29. The standard InChI is InChI=1S/C13H15FO5/c1-3-19-13(18)12(17)11(16)9-6-8(7(2)15)4-5-10(9)14/h4-6,11-12,16-17H,3H2,1-2H3. The van der Waals surface area contributed by atoms with E-state index >= 15 is 0 Å². The Bertz CT molecular complexity index is 486. The van der Waals surface area contributed by atoms with E-state index in [2.05, 4.69) is 4.74 Å². The summed E-state index contributed by atoms with van der Waals surface area (Å²) in [6.45, 7) is 2.84. The Labute approximate surface area is 109 Å². The first-order valence-electron chi connectivity index (χ1n) is 5.71. The van der Waals surface area contributed by atoms with E-state index in [-0.39, 0.29) is 23.5 Å². The number of hydrogen-bond acceptors (Lipinski definition) is 5. The molecule has 0 aliphatic heterocycles. The lowest BCUT2D eigenvalue weighted by molar-refractivity contribution is -0.159. The average molecular weight is 270 g/mol. The Kier molecular flexibility index (Phi) is 5.14. The van der Waals surface area contributed by atoms with Crippen molar-refractivity contribution in [1.29, 1.82) is 0 Å². The predicted octanol–water partition coefficient (Wildman–Crippen LogP) is 0.986. The summed E-state index contributed by atoms with van der Waals surface area (Å²) in [4.78, 5) is 22.4. The third kappa shape index (κ3) is 3.59. The smallest absolute Gasteiger partial charge is 0.338 e. The summed E-state index contributed by atoms with van der Waals surface area (Å²) in [5.41, 5.74) is -0.153. The number of halogens is 1. The zero-order valence-electron chi connectivity index (χ0n) is 10.6. The molecule has 1 rings (SSSR count). The fourth-order valence-electron chi connectivity index (χ4n) is 1.52. The molecule has 0 saturated heterocycles. The molecule has 6 heteroatoms. The monoisotopic (exact) mass is 270 g/mol. The second-order valence-electron chi connectivity index (χ2n) is 3.93. The van der Waals surface area contributed by atoms with Crippen LogP contribution in [0, 0.1) is 5.82 Å². The Morgan fingerprint density at radius 2 is 2.00 bits per heavy atom. The van der Waals surface area contributed by atoms with Crippen molar-refractivity contribution in [3.8, 4) is 0 Å². The lowest BCUT2D eigenvalue weighted by Crippen LogP contribution is -2.30. The van der Waals surface area contributed by atoms with Crippen LogP contribution >= 0.6 is 0 Å². The van der Waals surface area contributed by atoms with E-state index in [1.54, 1.807) is 0 Å². The van der Waals surface area contributed by atoms with Crippen LogP contribution < -0.4 is 0 Å². The van der Waals surface area contributed by atoms with Gasteiger partial charge >= 0.3 is 5.97 Å². The largest absolute Gasteiger partial charge is 0.464 e. The van der Waals surface area contributed by atoms with Crippen molar-refractivity contribution in [1.82, 2.24) is 0 Å². The topological polar surface area (TPSA) is 83.8 Å². The summed E-state index contributed by atoms with van der Waals surface area (Å²) in [6.07, 6.45) is -3.70. The molecule has 2 N–H and O–H groups in total. The molecule has 0 aliphatic rings. The Balaban J connectivity index is 3.04. The molecule has 1 aromatic rings. The van der Waals surface area contributed by atoms with E-state index in [4.69, 9.17) is 0 Å². The van der Waals surface area contributed by atoms with Gasteiger partial charge in [0.05, 0.1) is 6.61 Å². The van der Waals surface area contributed by atoms with Crippen LogP contribution in [-0.4, -0.2) is 34.7 Å². The lowest BCUT2D eigenvalue weighted by Gasteiger charge is -2.17. The third-order valence-electron chi connectivity index (χ3n) is 2.55. The van der Waals surface area contributed by atoms with Crippen LogP contribution in [0.1, 0.15) is 35.9 Å². The minimum Gasteiger partial charge on any atom is -0.464 e. The number of esters is 1. The number of carbonyl (C=O) groups excluding carboxylic acids is 2. The van der Waals surface area contributed by atoms with Crippen molar-refractivity contribution >= 4 is 11.8 Å². The van der Waals surface area contributed by atoms with E-state index in [1.165, 1.54) is 19.9 Å². The number of ketones is 1. The van der Waals surface area contributed by atoms with E-state index in [1.807, 2.05) is 0 Å². The molecule has 0 fully saturated rings. The quantitative estimate of drug-likeness (QED) is 0.615. The molecule has 104 valence electrons. The maximum Gasteiger partial charge on any atom is 0.338 e. The van der Waals surface area contributed by atoms with Gasteiger partial charge in [0.1, 0.15) is 11.9 Å². The zero-order chi connectivity index (χ0) is 14.6. The molecule has 2 atom stereocenters. The first-order valence-corrected chi connectivity index (χ1v) is 5.71. The first kappa shape index (κ1) is 15.3. The van der Waals surface area contributed by atoms with Gasteiger partial charge in [-0.2, -0.15) is 0 Å². The highest BCUT2D eigenvalue weighted by Crippen LogP contribution is 2.22. The van der Waals surface area contributed by atoms with Crippen LogP contribution in [-0.2, 0) is 9.53 Å². The number of Topliss-reactive ketones (excluding diaryl/α,β-unsaturated/α-hetero) is 1. The van der Waals surface area contributed by atoms with E-state index in [0.29, 0.717) is 0 Å². The summed E-state index contributed by atoms with van der Waals surface area (Å²) in [6, 6.07) is 3.35. The van der Waals surface area contributed by atoms with Crippen LogP contribution in [0.3, 0.4) is 0 Å². The molecule has 0 bridgehead atoms. The normalized spacial score (nSPS) is 13.7. The summed E-state index contributed by atoms with van der Waals surface area (Å²) in [5, 5.41) is 19.3. The van der Waals surface area contributed by atoms with Crippen molar-refractivity contribution in [3.63, 3.8) is 0 Å². The first-order chi connectivity index (χ1) is 8.88. The van der Waals surface area contributed by atoms with Gasteiger partial charge in [-0.25, -0.2) is 9.18 Å². The second-order valence-corrected chi connectivity index (χ2v) is 3.93. The van der Waals surface area contributed by atoms with E-state index in [0.717, 1.165) is 12.1 Å². The number of carbonyl (C=O) groups is 2. The molecular formula is C13H15FO5. The molecular weight excluding hydrogens is 255 g/mol. The number of aliphatic hydroxyl groups is 2. The molecule has 19 heavy (non-hydrogen) atoms. The van der Waals surface area contributed by atoms with Gasteiger partial charge in [-0.1, -0.05) is 0 Å².